The summed E-state index contributed by atoms with van der Waals surface area (Å²) in [4.78, 5) is 11.8. The Hall–Kier alpha value is -0.345. The van der Waals surface area contributed by atoms with Gasteiger partial charge in [0.1, 0.15) is 6.29 Å². The van der Waals surface area contributed by atoms with E-state index < -0.39 is 0 Å². The highest BCUT2D eigenvalue weighted by Gasteiger charge is 2.27. The van der Waals surface area contributed by atoms with Crippen molar-refractivity contribution in [3.8, 4) is 0 Å². The molecule has 0 saturated carbocycles. The first-order valence-corrected chi connectivity index (χ1v) is 3.27. The normalized spacial score (nSPS) is 34.5. The van der Waals surface area contributed by atoms with E-state index in [1.54, 1.807) is 7.11 Å². The third-order valence-corrected chi connectivity index (χ3v) is 1.84. The average Bonchev–Trinajstić information content (AvgIpc) is 2.30. The molecule has 1 fully saturated rings. The molecule has 0 amide bonds. The van der Waals surface area contributed by atoms with E-state index in [-0.39, 0.29) is 12.1 Å². The van der Waals surface area contributed by atoms with Gasteiger partial charge in [-0.2, -0.15) is 0 Å². The van der Waals surface area contributed by atoms with Crippen LogP contribution in [0.15, 0.2) is 0 Å². The zero-order valence-corrected chi connectivity index (χ0v) is 5.99. The molecule has 0 N–H and O–H groups in total. The van der Waals surface area contributed by atoms with Crippen molar-refractivity contribution in [2.45, 2.75) is 18.6 Å². The monoisotopic (exact) mass is 139 g/mol. The summed E-state index contributed by atoms with van der Waals surface area (Å²) >= 11 is 0. The molecule has 1 aliphatic heterocycles. The predicted molar refractivity (Wildman–Crippen MR) is 37.7 cm³/mol. The highest BCUT2D eigenvalue weighted by atomic mass is 16.5. The summed E-state index contributed by atoms with van der Waals surface area (Å²) in [6.07, 6.45) is 1.70. The van der Waals surface area contributed by atoms with Gasteiger partial charge in [-0.25, -0.2) is 0 Å². The summed E-state index contributed by atoms with van der Waals surface area (Å²) in [6.45, 7) is 0.653. The van der Waals surface area contributed by atoms with E-state index in [9.17, 15) is 4.79 Å². The summed E-state index contributed by atoms with van der Waals surface area (Å²) in [5.74, 6) is 0. The van der Waals surface area contributed by atoms with Crippen molar-refractivity contribution < 1.29 is 9.53 Å². The first kappa shape index (κ1) is 7.76. The van der Waals surface area contributed by atoms with Crippen LogP contribution in [0.4, 0.5) is 0 Å². The van der Waals surface area contributed by atoms with E-state index in [0.29, 0.717) is 6.54 Å². The lowest BCUT2D eigenvalue weighted by molar-refractivity contribution is -0.110. The van der Waals surface area contributed by atoms with Gasteiger partial charge >= 0.3 is 0 Å². The fourth-order valence-electron chi connectivity index (χ4n) is 1.15. The lowest BCUT2D eigenvalue weighted by atomic mass is 10.2. The van der Waals surface area contributed by atoms with Crippen LogP contribution in [0.3, 0.4) is 0 Å². The van der Waals surface area contributed by atoms with Gasteiger partial charge in [-0.1, -0.05) is 0 Å². The van der Waals surface area contributed by atoms with Gasteiger partial charge in [-0.15, -0.1) is 0 Å². The molecule has 0 bridgehead atoms. The van der Waals surface area contributed by atoms with Gasteiger partial charge in [0, 0.05) is 13.7 Å². The minimum atomic E-state index is -0.148. The zero-order valence-electron chi connectivity index (χ0n) is 5.99. The lowest BCUT2D eigenvalue weighted by Crippen LogP contribution is -2.27. The lowest BCUT2D eigenvalue weighted by Gasteiger charge is -2.11. The van der Waals surface area contributed by atoms with E-state index in [1.807, 2.05) is 0 Å². The SMILES string of the molecule is [B]N1CC(OC)CC1C=O. The standard InChI is InChI=1S/C6H10BNO2/c1-10-6-2-5(4-9)8(7)3-6/h4-6H,2-3H2,1H3. The minimum absolute atomic E-state index is 0.125. The predicted octanol–water partition coefficient (Wildman–Crippen LogP) is -0.642. The molecule has 1 rings (SSSR count). The van der Waals surface area contributed by atoms with Crippen molar-refractivity contribution in [1.82, 2.24) is 4.81 Å². The number of hydrogen-bond acceptors (Lipinski definition) is 3. The van der Waals surface area contributed by atoms with E-state index in [2.05, 4.69) is 0 Å². The van der Waals surface area contributed by atoms with Gasteiger partial charge in [0.15, 0.2) is 7.98 Å². The molecule has 10 heavy (non-hydrogen) atoms. The van der Waals surface area contributed by atoms with Gasteiger partial charge in [0.25, 0.3) is 0 Å². The van der Waals surface area contributed by atoms with Crippen LogP contribution in [-0.4, -0.2) is 44.9 Å². The Balaban J connectivity index is 2.43. The third-order valence-electron chi connectivity index (χ3n) is 1.84. The largest absolute Gasteiger partial charge is 0.380 e. The number of nitrogens with zero attached hydrogens (tertiary/aromatic N) is 1. The second-order valence-corrected chi connectivity index (χ2v) is 2.49. The third kappa shape index (κ3) is 1.38. The molecular formula is C6H10BNO2. The molecule has 0 aliphatic carbocycles. The number of carbonyl (C=O) groups excluding carboxylic acids is 1. The zero-order chi connectivity index (χ0) is 7.56. The number of methoxy groups -OCH3 is 1. The molecule has 0 aromatic carbocycles. The average molecular weight is 139 g/mol. The van der Waals surface area contributed by atoms with Crippen molar-refractivity contribution in [3.63, 3.8) is 0 Å². The van der Waals surface area contributed by atoms with Gasteiger partial charge in [0.2, 0.25) is 0 Å². The minimum Gasteiger partial charge on any atom is -0.380 e. The molecule has 0 aromatic rings. The maximum absolute atomic E-state index is 10.3. The van der Waals surface area contributed by atoms with Crippen LogP contribution in [0.1, 0.15) is 6.42 Å². The highest BCUT2D eigenvalue weighted by Crippen LogP contribution is 2.15. The maximum atomic E-state index is 10.3. The van der Waals surface area contributed by atoms with E-state index >= 15 is 0 Å². The number of ether oxygens (including phenoxy) is 1. The summed E-state index contributed by atoms with van der Waals surface area (Å²) in [5, 5.41) is 0. The summed E-state index contributed by atoms with van der Waals surface area (Å²) in [6, 6.07) is -0.148. The molecule has 0 spiro atoms. The first-order chi connectivity index (χ1) is 4.77. The Morgan fingerprint density at radius 3 is 2.80 bits per heavy atom. The van der Waals surface area contributed by atoms with Crippen LogP contribution in [-0.2, 0) is 9.53 Å². The van der Waals surface area contributed by atoms with Crippen molar-refractivity contribution in [2.24, 2.45) is 0 Å². The van der Waals surface area contributed by atoms with Crippen LogP contribution < -0.4 is 0 Å². The van der Waals surface area contributed by atoms with Gasteiger partial charge in [-0.3, -0.25) is 0 Å². The fourth-order valence-corrected chi connectivity index (χ4v) is 1.15. The van der Waals surface area contributed by atoms with Gasteiger partial charge < -0.3 is 14.3 Å². The van der Waals surface area contributed by atoms with Crippen molar-refractivity contribution >= 4 is 14.3 Å². The van der Waals surface area contributed by atoms with Crippen LogP contribution in [0.5, 0.6) is 0 Å². The highest BCUT2D eigenvalue weighted by molar-refractivity contribution is 6.06. The summed E-state index contributed by atoms with van der Waals surface area (Å²) < 4.78 is 5.03. The van der Waals surface area contributed by atoms with Crippen LogP contribution in [0.2, 0.25) is 0 Å². The summed E-state index contributed by atoms with van der Waals surface area (Å²) in [5.41, 5.74) is 0. The smallest absolute Gasteiger partial charge is 0.183 e. The Labute approximate surface area is 61.8 Å². The van der Waals surface area contributed by atoms with E-state index in [1.165, 1.54) is 4.81 Å². The molecule has 1 aliphatic rings. The molecule has 3 nitrogen and oxygen atoms in total. The van der Waals surface area contributed by atoms with Crippen molar-refractivity contribution in [3.05, 3.63) is 0 Å². The Morgan fingerprint density at radius 2 is 2.50 bits per heavy atom. The molecule has 54 valence electrons. The first-order valence-electron chi connectivity index (χ1n) is 3.27. The van der Waals surface area contributed by atoms with Crippen molar-refractivity contribution in [2.75, 3.05) is 13.7 Å². The second-order valence-electron chi connectivity index (χ2n) is 2.49. The molecule has 0 aromatic heterocycles. The second kappa shape index (κ2) is 3.17. The van der Waals surface area contributed by atoms with Crippen LogP contribution >= 0.6 is 0 Å². The molecule has 1 saturated heterocycles. The maximum Gasteiger partial charge on any atom is 0.183 e. The van der Waals surface area contributed by atoms with Crippen LogP contribution in [0.25, 0.3) is 0 Å². The van der Waals surface area contributed by atoms with Gasteiger partial charge in [-0.05, 0) is 6.42 Å². The molecule has 2 unspecified atom stereocenters. The number of rotatable bonds is 2. The van der Waals surface area contributed by atoms with Crippen LogP contribution in [0, 0.1) is 0 Å². The Morgan fingerprint density at radius 1 is 1.80 bits per heavy atom. The quantitative estimate of drug-likeness (QED) is 0.376. The molecule has 2 atom stereocenters. The topological polar surface area (TPSA) is 29.5 Å². The van der Waals surface area contributed by atoms with Crippen molar-refractivity contribution in [1.29, 1.82) is 0 Å². The summed E-state index contributed by atoms with van der Waals surface area (Å²) in [7, 11) is 7.11. The van der Waals surface area contributed by atoms with E-state index in [0.717, 1.165) is 12.7 Å². The molecule has 2 radical (unpaired) electrons. The molecule has 4 heteroatoms. The molecular weight excluding hydrogens is 129 g/mol. The number of aldehydes is 1. The van der Waals surface area contributed by atoms with E-state index in [4.69, 9.17) is 12.7 Å². The number of hydrogen-bond donors (Lipinski definition) is 0. The fraction of sp³-hybridized carbons (Fsp3) is 0.833. The Bertz CT molecular complexity index is 131. The van der Waals surface area contributed by atoms with Gasteiger partial charge in [0.05, 0.1) is 12.1 Å². The number of carbonyl (C=O) groups is 1. The molecule has 1 heterocycles. The Kier molecular flexibility index (Phi) is 2.46.